The number of aromatic nitrogens is 2. The highest BCUT2D eigenvalue weighted by atomic mass is 19.1. The topological polar surface area (TPSA) is 62.6 Å². The van der Waals surface area contributed by atoms with E-state index < -0.39 is 5.60 Å². The summed E-state index contributed by atoms with van der Waals surface area (Å²) in [4.78, 5) is 16.0. The van der Waals surface area contributed by atoms with Crippen LogP contribution in [-0.4, -0.2) is 29.2 Å². The molecule has 1 aliphatic heterocycles. The third kappa shape index (κ3) is 3.93. The lowest BCUT2D eigenvalue weighted by atomic mass is 9.86. The lowest BCUT2D eigenvalue weighted by Crippen LogP contribution is -2.38. The van der Waals surface area contributed by atoms with Gasteiger partial charge in [-0.1, -0.05) is 18.2 Å². The van der Waals surface area contributed by atoms with Crippen LogP contribution in [0.25, 0.3) is 5.69 Å². The Morgan fingerprint density at radius 1 is 1.27 bits per heavy atom. The fraction of sp³-hybridized carbons (Fsp3) is 0.304. The fourth-order valence-electron chi connectivity index (χ4n) is 3.73. The van der Waals surface area contributed by atoms with Crippen LogP contribution in [0.15, 0.2) is 54.9 Å². The summed E-state index contributed by atoms with van der Waals surface area (Å²) in [6.45, 7) is 2.26. The van der Waals surface area contributed by atoms with E-state index in [2.05, 4.69) is 4.98 Å². The summed E-state index contributed by atoms with van der Waals surface area (Å²) in [6.07, 6.45) is 4.19. The van der Waals surface area contributed by atoms with Crippen LogP contribution in [0.1, 0.15) is 29.8 Å². The van der Waals surface area contributed by atoms with Crippen LogP contribution in [0.4, 0.5) is 4.39 Å². The van der Waals surface area contributed by atoms with Crippen molar-refractivity contribution in [2.45, 2.75) is 32.0 Å². The first-order chi connectivity index (χ1) is 14.5. The van der Waals surface area contributed by atoms with Crippen molar-refractivity contribution in [3.05, 3.63) is 77.6 Å². The maximum atomic E-state index is 14.6. The first-order valence-corrected chi connectivity index (χ1v) is 9.74. The van der Waals surface area contributed by atoms with Crippen molar-refractivity contribution in [2.75, 3.05) is 13.7 Å². The summed E-state index contributed by atoms with van der Waals surface area (Å²) in [5.41, 5.74) is 1.26. The molecule has 0 radical (unpaired) electrons. The number of halogens is 1. The molecule has 7 heteroatoms. The minimum absolute atomic E-state index is 0.0838. The summed E-state index contributed by atoms with van der Waals surface area (Å²) in [6, 6.07) is 12.4. The second kappa shape index (κ2) is 8.28. The minimum atomic E-state index is -0.732. The van der Waals surface area contributed by atoms with Gasteiger partial charge in [-0.2, -0.15) is 0 Å². The molecule has 156 valence electrons. The van der Waals surface area contributed by atoms with E-state index >= 15 is 0 Å². The SMILES string of the molecule is COC1(c2cccc(OCc3ccc(-n4ccnc4C)cc3F)c2)CCOC(=O)C1. The molecule has 30 heavy (non-hydrogen) atoms. The Kier molecular flexibility index (Phi) is 5.55. The van der Waals surface area contributed by atoms with Gasteiger partial charge in [-0.25, -0.2) is 9.37 Å². The molecule has 4 rings (SSSR count). The van der Waals surface area contributed by atoms with Crippen molar-refractivity contribution in [2.24, 2.45) is 0 Å². The van der Waals surface area contributed by atoms with E-state index in [1.54, 1.807) is 31.6 Å². The Hall–Kier alpha value is -3.19. The van der Waals surface area contributed by atoms with E-state index in [4.69, 9.17) is 14.2 Å². The molecule has 1 fully saturated rings. The molecule has 0 N–H and O–H groups in total. The summed E-state index contributed by atoms with van der Waals surface area (Å²) in [5, 5.41) is 0. The van der Waals surface area contributed by atoms with Crippen LogP contribution in [0, 0.1) is 12.7 Å². The third-order valence-electron chi connectivity index (χ3n) is 5.48. The van der Waals surface area contributed by atoms with Gasteiger partial charge in [-0.15, -0.1) is 0 Å². The summed E-state index contributed by atoms with van der Waals surface area (Å²) in [5.74, 6) is 0.732. The summed E-state index contributed by atoms with van der Waals surface area (Å²) in [7, 11) is 1.59. The van der Waals surface area contributed by atoms with Crippen molar-refractivity contribution < 1.29 is 23.4 Å². The molecular formula is C23H23FN2O4. The zero-order valence-corrected chi connectivity index (χ0v) is 16.9. The molecule has 1 unspecified atom stereocenters. The van der Waals surface area contributed by atoms with Gasteiger partial charge in [0.15, 0.2) is 0 Å². The van der Waals surface area contributed by atoms with Gasteiger partial charge in [-0.3, -0.25) is 4.79 Å². The van der Waals surface area contributed by atoms with Crippen LogP contribution in [0.5, 0.6) is 5.75 Å². The maximum Gasteiger partial charge on any atom is 0.309 e. The average molecular weight is 410 g/mol. The van der Waals surface area contributed by atoms with Gasteiger partial charge in [-0.05, 0) is 36.8 Å². The van der Waals surface area contributed by atoms with Gasteiger partial charge in [0.2, 0.25) is 0 Å². The van der Waals surface area contributed by atoms with E-state index in [1.807, 2.05) is 35.8 Å². The highest BCUT2D eigenvalue weighted by Gasteiger charge is 2.39. The lowest BCUT2D eigenvalue weighted by Gasteiger charge is -2.35. The largest absolute Gasteiger partial charge is 0.489 e. The van der Waals surface area contributed by atoms with E-state index in [-0.39, 0.29) is 24.8 Å². The standard InChI is InChI=1S/C23H23FN2O4/c1-16-25-9-10-26(16)19-7-6-17(21(24)13-19)15-30-20-5-3-4-18(12-20)23(28-2)8-11-29-22(27)14-23/h3-7,9-10,12-13H,8,11,14-15H2,1-2H3. The van der Waals surface area contributed by atoms with E-state index in [0.29, 0.717) is 30.0 Å². The fourth-order valence-corrected chi connectivity index (χ4v) is 3.73. The number of cyclic esters (lactones) is 1. The molecule has 1 aliphatic rings. The number of hydrogen-bond acceptors (Lipinski definition) is 5. The van der Waals surface area contributed by atoms with Crippen LogP contribution >= 0.6 is 0 Å². The highest BCUT2D eigenvalue weighted by molar-refractivity contribution is 5.72. The molecule has 0 saturated carbocycles. The number of methoxy groups -OCH3 is 1. The molecule has 1 aromatic heterocycles. The zero-order valence-electron chi connectivity index (χ0n) is 16.9. The number of nitrogens with zero attached hydrogens (tertiary/aromatic N) is 2. The summed E-state index contributed by atoms with van der Waals surface area (Å²) >= 11 is 0. The number of benzene rings is 2. The monoisotopic (exact) mass is 410 g/mol. The van der Waals surface area contributed by atoms with Gasteiger partial charge >= 0.3 is 5.97 Å². The van der Waals surface area contributed by atoms with Crippen molar-refractivity contribution in [3.63, 3.8) is 0 Å². The number of esters is 1. The first kappa shape index (κ1) is 20.1. The number of carbonyl (C=O) groups is 1. The molecule has 0 aliphatic carbocycles. The van der Waals surface area contributed by atoms with Gasteiger partial charge in [0, 0.05) is 37.2 Å². The predicted molar refractivity (Wildman–Crippen MR) is 108 cm³/mol. The van der Waals surface area contributed by atoms with Crippen LogP contribution in [-0.2, 0) is 26.5 Å². The average Bonchev–Trinajstić information content (AvgIpc) is 3.19. The second-order valence-electron chi connectivity index (χ2n) is 7.28. The normalized spacial score (nSPS) is 18.8. The molecule has 0 bridgehead atoms. The number of hydrogen-bond donors (Lipinski definition) is 0. The van der Waals surface area contributed by atoms with Crippen LogP contribution in [0.3, 0.4) is 0 Å². The molecule has 1 atom stereocenters. The Bertz CT molecular complexity index is 1060. The smallest absolute Gasteiger partial charge is 0.309 e. The van der Waals surface area contributed by atoms with Gasteiger partial charge in [0.1, 0.15) is 29.6 Å². The Balaban J connectivity index is 1.50. The zero-order chi connectivity index (χ0) is 21.1. The second-order valence-corrected chi connectivity index (χ2v) is 7.28. The number of ether oxygens (including phenoxy) is 3. The Labute approximate surface area is 174 Å². The maximum absolute atomic E-state index is 14.6. The van der Waals surface area contributed by atoms with Gasteiger partial charge in [0.25, 0.3) is 0 Å². The Morgan fingerprint density at radius 2 is 2.13 bits per heavy atom. The molecule has 2 heterocycles. The number of carbonyl (C=O) groups excluding carboxylic acids is 1. The minimum Gasteiger partial charge on any atom is -0.489 e. The molecule has 3 aromatic rings. The first-order valence-electron chi connectivity index (χ1n) is 9.74. The van der Waals surface area contributed by atoms with Crippen molar-refractivity contribution in [3.8, 4) is 11.4 Å². The van der Waals surface area contributed by atoms with Crippen molar-refractivity contribution in [1.82, 2.24) is 9.55 Å². The number of aryl methyl sites for hydroxylation is 1. The summed E-state index contributed by atoms with van der Waals surface area (Å²) < 4.78 is 33.0. The quantitative estimate of drug-likeness (QED) is 0.573. The number of imidazole rings is 1. The highest BCUT2D eigenvalue weighted by Crippen LogP contribution is 2.37. The molecule has 0 amide bonds. The van der Waals surface area contributed by atoms with E-state index in [1.165, 1.54) is 6.07 Å². The number of rotatable bonds is 6. The van der Waals surface area contributed by atoms with Crippen LogP contribution in [0.2, 0.25) is 0 Å². The molecule has 1 saturated heterocycles. The van der Waals surface area contributed by atoms with Crippen molar-refractivity contribution >= 4 is 5.97 Å². The molecule has 6 nitrogen and oxygen atoms in total. The lowest BCUT2D eigenvalue weighted by molar-refractivity contribution is -0.164. The molecular weight excluding hydrogens is 387 g/mol. The van der Waals surface area contributed by atoms with Gasteiger partial charge in [0.05, 0.1) is 13.0 Å². The molecule has 0 spiro atoms. The van der Waals surface area contributed by atoms with E-state index in [9.17, 15) is 9.18 Å². The molecule has 2 aromatic carbocycles. The Morgan fingerprint density at radius 3 is 2.83 bits per heavy atom. The third-order valence-corrected chi connectivity index (χ3v) is 5.48. The van der Waals surface area contributed by atoms with Gasteiger partial charge < -0.3 is 18.8 Å². The van der Waals surface area contributed by atoms with Crippen molar-refractivity contribution in [1.29, 1.82) is 0 Å². The van der Waals surface area contributed by atoms with E-state index in [0.717, 1.165) is 11.4 Å². The van der Waals surface area contributed by atoms with Crippen LogP contribution < -0.4 is 4.74 Å². The predicted octanol–water partition coefficient (Wildman–Crippen LogP) is 4.08.